The Morgan fingerprint density at radius 3 is 2.34 bits per heavy atom. The third kappa shape index (κ3) is 8.95. The summed E-state index contributed by atoms with van der Waals surface area (Å²) in [6.07, 6.45) is 3.16. The highest BCUT2D eigenvalue weighted by Gasteiger charge is 2.28. The quantitative estimate of drug-likeness (QED) is 0.106. The topological polar surface area (TPSA) is 110 Å². The number of benzene rings is 3. The molecule has 272 valence electrons. The molecule has 10 nitrogen and oxygen atoms in total. The molecule has 5 aromatic rings. The Hall–Kier alpha value is -5.05. The van der Waals surface area contributed by atoms with E-state index in [4.69, 9.17) is 34.0 Å². The molecule has 2 aliphatic rings. The van der Waals surface area contributed by atoms with E-state index in [2.05, 4.69) is 43.8 Å². The first-order valence-corrected chi connectivity index (χ1v) is 18.7. The van der Waals surface area contributed by atoms with Gasteiger partial charge in [-0.05, 0) is 60.0 Å². The highest BCUT2D eigenvalue weighted by atomic mass is 35.5. The van der Waals surface area contributed by atoms with Crippen LogP contribution in [-0.2, 0) is 32.6 Å². The number of carbonyl (C=O) groups is 1. The van der Waals surface area contributed by atoms with Crippen molar-refractivity contribution in [3.63, 3.8) is 0 Å². The van der Waals surface area contributed by atoms with Crippen LogP contribution in [0.4, 0.5) is 10.6 Å². The third-order valence-corrected chi connectivity index (χ3v) is 10.5. The van der Waals surface area contributed by atoms with Gasteiger partial charge in [0.05, 0.1) is 36.5 Å². The zero-order valence-electron chi connectivity index (χ0n) is 29.5. The average molecular weight is 750 g/mol. The van der Waals surface area contributed by atoms with Crippen molar-refractivity contribution in [1.82, 2.24) is 24.9 Å². The maximum absolute atomic E-state index is 12.2. The van der Waals surface area contributed by atoms with E-state index in [1.807, 2.05) is 66.7 Å². The molecule has 0 bridgehead atoms. The predicted molar refractivity (Wildman–Crippen MR) is 209 cm³/mol. The van der Waals surface area contributed by atoms with Crippen molar-refractivity contribution >= 4 is 35.1 Å². The summed E-state index contributed by atoms with van der Waals surface area (Å²) in [6, 6.07) is 26.9. The minimum atomic E-state index is -0.433. The summed E-state index contributed by atoms with van der Waals surface area (Å²) in [5.74, 6) is 7.25. The molecular weight excluding hydrogens is 707 g/mol. The minimum Gasteiger partial charge on any atom is -0.711 e. The van der Waals surface area contributed by atoms with Gasteiger partial charge in [0.2, 0.25) is 0 Å². The van der Waals surface area contributed by atoms with Crippen LogP contribution in [0.5, 0.6) is 0 Å². The number of nitrogens with zero attached hydrogens (tertiary/aromatic N) is 6. The van der Waals surface area contributed by atoms with E-state index in [0.717, 1.165) is 96.6 Å². The molecule has 2 aromatic heterocycles. The second-order valence-electron chi connectivity index (χ2n) is 13.4. The lowest BCUT2D eigenvalue weighted by molar-refractivity contribution is -0.592. The summed E-state index contributed by atoms with van der Waals surface area (Å²) >= 11 is 12.7. The van der Waals surface area contributed by atoms with Gasteiger partial charge in [-0.2, -0.15) is 5.10 Å². The van der Waals surface area contributed by atoms with Crippen molar-refractivity contribution in [2.24, 2.45) is 5.73 Å². The molecule has 0 saturated carbocycles. The van der Waals surface area contributed by atoms with Gasteiger partial charge in [0.15, 0.2) is 0 Å². The second-order valence-corrected chi connectivity index (χ2v) is 14.3. The first kappa shape index (κ1) is 36.3. The number of anilines is 1. The number of carbonyl (C=O) groups excluding carboxylic acids is 1. The van der Waals surface area contributed by atoms with Crippen molar-refractivity contribution in [1.29, 1.82) is 0 Å². The molecule has 0 atom stereocenters. The summed E-state index contributed by atoms with van der Waals surface area (Å²) in [4.78, 5) is 18.5. The summed E-state index contributed by atoms with van der Waals surface area (Å²) < 4.78 is 3.04. The Bertz CT molecular complexity index is 2120. The van der Waals surface area contributed by atoms with Crippen LogP contribution in [0.15, 0.2) is 91.1 Å². The SMILES string of the molecule is NC(=O)N1CCc2c(c(-c3ccc(Cl)c(C#Cc4ccc(CNCc5ccc(Cl)cc5)cc4)c3)nn2CCCN2CCN(c3cccc[n+]3[O-])CC2)C1. The predicted octanol–water partition coefficient (Wildman–Crippen LogP) is 5.83. The molecule has 0 unspecified atom stereocenters. The molecule has 2 aliphatic heterocycles. The van der Waals surface area contributed by atoms with Crippen molar-refractivity contribution in [2.45, 2.75) is 39.0 Å². The largest absolute Gasteiger partial charge is 0.711 e. The zero-order valence-corrected chi connectivity index (χ0v) is 31.0. The van der Waals surface area contributed by atoms with Crippen LogP contribution in [0.2, 0.25) is 10.0 Å². The molecular formula is C41H42Cl2N8O2. The van der Waals surface area contributed by atoms with Gasteiger partial charge in [-0.3, -0.25) is 14.5 Å². The fourth-order valence-corrected chi connectivity index (χ4v) is 7.26. The van der Waals surface area contributed by atoms with Gasteiger partial charge in [0, 0.05) is 91.3 Å². The van der Waals surface area contributed by atoms with Gasteiger partial charge in [-0.1, -0.05) is 71.4 Å². The number of primary amides is 1. The lowest BCUT2D eigenvalue weighted by atomic mass is 9.99. The number of amides is 2. The van der Waals surface area contributed by atoms with Gasteiger partial charge in [0.1, 0.15) is 0 Å². The number of hydrogen-bond donors (Lipinski definition) is 2. The van der Waals surface area contributed by atoms with Crippen molar-refractivity contribution < 1.29 is 9.52 Å². The van der Waals surface area contributed by atoms with E-state index in [9.17, 15) is 10.0 Å². The molecule has 1 saturated heterocycles. The monoisotopic (exact) mass is 748 g/mol. The molecule has 1 fully saturated rings. The number of urea groups is 1. The number of aromatic nitrogens is 3. The summed E-state index contributed by atoms with van der Waals surface area (Å²) in [5.41, 5.74) is 13.5. The summed E-state index contributed by atoms with van der Waals surface area (Å²) in [5, 5.41) is 22.1. The molecule has 4 heterocycles. The van der Waals surface area contributed by atoms with Crippen LogP contribution >= 0.6 is 23.2 Å². The van der Waals surface area contributed by atoms with Crippen LogP contribution in [0.3, 0.4) is 0 Å². The van der Waals surface area contributed by atoms with Gasteiger partial charge >= 0.3 is 6.03 Å². The fraction of sp³-hybridized carbons (Fsp3) is 0.293. The van der Waals surface area contributed by atoms with Crippen LogP contribution in [-0.4, -0.2) is 64.9 Å². The molecule has 0 spiro atoms. The maximum Gasteiger partial charge on any atom is 0.315 e. The number of fused-ring (bicyclic) bond motifs is 1. The number of aryl methyl sites for hydroxylation is 1. The highest BCUT2D eigenvalue weighted by Crippen LogP contribution is 2.32. The Morgan fingerprint density at radius 2 is 1.62 bits per heavy atom. The number of nitrogens with one attached hydrogen (secondary N) is 1. The number of rotatable bonds is 10. The van der Waals surface area contributed by atoms with Gasteiger partial charge < -0.3 is 21.2 Å². The third-order valence-electron chi connectivity index (χ3n) is 9.90. The van der Waals surface area contributed by atoms with E-state index in [1.54, 1.807) is 17.2 Å². The molecule has 53 heavy (non-hydrogen) atoms. The Morgan fingerprint density at radius 1 is 0.887 bits per heavy atom. The second kappa shape index (κ2) is 16.7. The van der Waals surface area contributed by atoms with Crippen molar-refractivity contribution in [3.8, 4) is 23.1 Å². The van der Waals surface area contributed by atoms with E-state index in [0.29, 0.717) is 35.9 Å². The normalized spacial score (nSPS) is 14.5. The number of halogens is 2. The minimum absolute atomic E-state index is 0.408. The Kier molecular flexibility index (Phi) is 11.5. The van der Waals surface area contributed by atoms with Crippen molar-refractivity contribution in [2.75, 3.05) is 44.2 Å². The van der Waals surface area contributed by atoms with Gasteiger partial charge in [0.25, 0.3) is 5.82 Å². The van der Waals surface area contributed by atoms with Crippen molar-refractivity contribution in [3.05, 3.63) is 140 Å². The van der Waals surface area contributed by atoms with E-state index in [-0.39, 0.29) is 0 Å². The number of nitrogens with two attached hydrogens (primary N) is 1. The standard InChI is InChI=1S/C41H42Cl2N8O2/c42-35-14-10-32(11-15-35)28-45-27-31-7-5-30(6-8-31)9-12-33-26-34(13-16-37(33)43)40-36-29-49(41(44)52)21-17-38(36)50(46-40)19-3-18-47-22-24-48(25-23-47)39-4-1-2-20-51(39)53/h1-2,4-8,10-11,13-16,20,26,45H,3,17-19,21-25,27-29H2,(H2,44,52). The molecule has 3 aromatic carbocycles. The van der Waals surface area contributed by atoms with Crippen LogP contribution in [0.25, 0.3) is 11.3 Å². The number of hydrogen-bond acceptors (Lipinski definition) is 6. The zero-order chi connectivity index (χ0) is 36.7. The first-order chi connectivity index (χ1) is 25.8. The lowest BCUT2D eigenvalue weighted by Crippen LogP contribution is -2.50. The smallest absolute Gasteiger partial charge is 0.315 e. The first-order valence-electron chi connectivity index (χ1n) is 18.0. The molecule has 7 rings (SSSR count). The average Bonchev–Trinajstić information content (AvgIpc) is 3.54. The van der Waals surface area contributed by atoms with Gasteiger partial charge in [-0.25, -0.2) is 9.52 Å². The van der Waals surface area contributed by atoms with E-state index < -0.39 is 6.03 Å². The van der Waals surface area contributed by atoms with Gasteiger partial charge in [-0.15, -0.1) is 0 Å². The van der Waals surface area contributed by atoms with Crippen LogP contribution in [0, 0.1) is 17.0 Å². The molecule has 12 heteroatoms. The summed E-state index contributed by atoms with van der Waals surface area (Å²) in [7, 11) is 0. The fourth-order valence-electron chi connectivity index (χ4n) is 6.97. The van der Waals surface area contributed by atoms with E-state index in [1.165, 1.54) is 11.1 Å². The Labute approximate surface area is 320 Å². The summed E-state index contributed by atoms with van der Waals surface area (Å²) in [6.45, 7) is 7.56. The number of piperazine rings is 1. The van der Waals surface area contributed by atoms with Crippen LogP contribution < -0.4 is 20.7 Å². The molecule has 0 radical (unpaired) electrons. The molecule has 0 aliphatic carbocycles. The molecule has 3 N–H and O–H groups in total. The lowest BCUT2D eigenvalue weighted by Gasteiger charge is -2.32. The number of pyridine rings is 1. The highest BCUT2D eigenvalue weighted by molar-refractivity contribution is 6.31. The maximum atomic E-state index is 12.2. The Balaban J connectivity index is 1.01. The van der Waals surface area contributed by atoms with Crippen LogP contribution in [0.1, 0.15) is 39.9 Å². The van der Waals surface area contributed by atoms with E-state index >= 15 is 0 Å². The molecule has 2 amide bonds.